The molecule has 0 spiro atoms. The van der Waals surface area contributed by atoms with Gasteiger partial charge in [-0.25, -0.2) is 9.78 Å². The summed E-state index contributed by atoms with van der Waals surface area (Å²) < 4.78 is 0. The number of nitrogens with zero attached hydrogens (tertiary/aromatic N) is 3. The highest BCUT2D eigenvalue weighted by molar-refractivity contribution is 7.11. The molecule has 138 valence electrons. The number of aryl methyl sites for hydroxylation is 2. The van der Waals surface area contributed by atoms with Gasteiger partial charge in [0.1, 0.15) is 0 Å². The molecule has 1 aromatic heterocycles. The predicted molar refractivity (Wildman–Crippen MR) is 98.8 cm³/mol. The first kappa shape index (κ1) is 18.2. The van der Waals surface area contributed by atoms with Gasteiger partial charge in [-0.2, -0.15) is 0 Å². The number of hydrogen-bond donors (Lipinski definition) is 1. The summed E-state index contributed by atoms with van der Waals surface area (Å²) in [4.78, 5) is 34.1. The van der Waals surface area contributed by atoms with Crippen molar-refractivity contribution in [3.05, 3.63) is 15.6 Å². The molecule has 2 heterocycles. The molecule has 0 bridgehead atoms. The largest absolute Gasteiger partial charge is 0.339 e. The molecule has 6 nitrogen and oxygen atoms in total. The van der Waals surface area contributed by atoms with Crippen LogP contribution >= 0.6 is 11.3 Å². The van der Waals surface area contributed by atoms with Gasteiger partial charge in [0.05, 0.1) is 17.1 Å². The van der Waals surface area contributed by atoms with Gasteiger partial charge in [0.25, 0.3) is 0 Å². The van der Waals surface area contributed by atoms with E-state index in [1.807, 2.05) is 23.6 Å². The van der Waals surface area contributed by atoms with E-state index in [2.05, 4.69) is 10.3 Å². The van der Waals surface area contributed by atoms with E-state index in [9.17, 15) is 9.59 Å². The summed E-state index contributed by atoms with van der Waals surface area (Å²) in [5, 5.41) is 4.16. The predicted octanol–water partition coefficient (Wildman–Crippen LogP) is 2.49. The fourth-order valence-electron chi connectivity index (χ4n) is 3.66. The van der Waals surface area contributed by atoms with Crippen molar-refractivity contribution in [1.82, 2.24) is 20.1 Å². The average molecular weight is 365 g/mol. The van der Waals surface area contributed by atoms with Crippen LogP contribution in [0.1, 0.15) is 47.7 Å². The summed E-state index contributed by atoms with van der Waals surface area (Å²) >= 11 is 1.60. The first-order valence-electron chi connectivity index (χ1n) is 9.29. The standard InChI is InChI=1S/C18H28N4O2S/c1-13-16(25-14(2)19-13)12-17(23)21-8-10-22(11-9-21)18(24)20-15-6-4-3-5-7-15/h15H,3-12H2,1-2H3,(H,20,24). The van der Waals surface area contributed by atoms with E-state index in [1.54, 1.807) is 11.3 Å². The summed E-state index contributed by atoms with van der Waals surface area (Å²) in [5.41, 5.74) is 0.960. The summed E-state index contributed by atoms with van der Waals surface area (Å²) in [6.45, 7) is 6.40. The molecule has 2 aliphatic rings. The van der Waals surface area contributed by atoms with Crippen LogP contribution in [0.5, 0.6) is 0 Å². The van der Waals surface area contributed by atoms with Gasteiger partial charge in [-0.15, -0.1) is 11.3 Å². The fourth-order valence-corrected chi connectivity index (χ4v) is 4.59. The Morgan fingerprint density at radius 1 is 1.08 bits per heavy atom. The Morgan fingerprint density at radius 2 is 1.72 bits per heavy atom. The van der Waals surface area contributed by atoms with Crippen LogP contribution in [0.2, 0.25) is 0 Å². The molecule has 7 heteroatoms. The Morgan fingerprint density at radius 3 is 2.32 bits per heavy atom. The van der Waals surface area contributed by atoms with Crippen LogP contribution in [0.25, 0.3) is 0 Å². The van der Waals surface area contributed by atoms with Crippen molar-refractivity contribution in [2.24, 2.45) is 0 Å². The minimum atomic E-state index is 0.0351. The van der Waals surface area contributed by atoms with Gasteiger partial charge in [0.2, 0.25) is 5.91 Å². The van der Waals surface area contributed by atoms with E-state index in [-0.39, 0.29) is 11.9 Å². The quantitative estimate of drug-likeness (QED) is 0.896. The molecule has 0 aromatic carbocycles. The number of rotatable bonds is 3. The number of amides is 3. The summed E-state index contributed by atoms with van der Waals surface area (Å²) in [7, 11) is 0. The van der Waals surface area contributed by atoms with Gasteiger partial charge in [0, 0.05) is 37.1 Å². The maximum absolute atomic E-state index is 12.5. The highest BCUT2D eigenvalue weighted by atomic mass is 32.1. The van der Waals surface area contributed by atoms with Crippen LogP contribution < -0.4 is 5.32 Å². The van der Waals surface area contributed by atoms with E-state index >= 15 is 0 Å². The van der Waals surface area contributed by atoms with Crippen molar-refractivity contribution in [2.75, 3.05) is 26.2 Å². The van der Waals surface area contributed by atoms with Crippen LogP contribution in [-0.2, 0) is 11.2 Å². The lowest BCUT2D eigenvalue weighted by molar-refractivity contribution is -0.131. The monoisotopic (exact) mass is 364 g/mol. The molecule has 1 aromatic rings. The number of hydrogen-bond acceptors (Lipinski definition) is 4. The Hall–Kier alpha value is -1.63. The third-order valence-corrected chi connectivity index (χ3v) is 6.24. The Kier molecular flexibility index (Phi) is 5.93. The molecule has 1 aliphatic heterocycles. The SMILES string of the molecule is Cc1nc(C)c(CC(=O)N2CCN(C(=O)NC3CCCCC3)CC2)s1. The van der Waals surface area contributed by atoms with Gasteiger partial charge < -0.3 is 15.1 Å². The molecule has 0 radical (unpaired) electrons. The van der Waals surface area contributed by atoms with Gasteiger partial charge in [-0.3, -0.25) is 4.79 Å². The Labute approximate surface area is 153 Å². The topological polar surface area (TPSA) is 65.5 Å². The van der Waals surface area contributed by atoms with Gasteiger partial charge in [-0.05, 0) is 26.7 Å². The molecule has 1 saturated heterocycles. The van der Waals surface area contributed by atoms with E-state index in [0.717, 1.165) is 28.4 Å². The zero-order valence-corrected chi connectivity index (χ0v) is 16.0. The zero-order valence-electron chi connectivity index (χ0n) is 15.2. The van der Waals surface area contributed by atoms with Gasteiger partial charge >= 0.3 is 6.03 Å². The fraction of sp³-hybridized carbons (Fsp3) is 0.722. The van der Waals surface area contributed by atoms with Crippen molar-refractivity contribution in [3.8, 4) is 0 Å². The van der Waals surface area contributed by atoms with E-state index in [1.165, 1.54) is 19.3 Å². The van der Waals surface area contributed by atoms with Gasteiger partial charge in [0.15, 0.2) is 0 Å². The van der Waals surface area contributed by atoms with E-state index in [4.69, 9.17) is 0 Å². The van der Waals surface area contributed by atoms with Crippen LogP contribution in [0.4, 0.5) is 4.79 Å². The average Bonchev–Trinajstić information content (AvgIpc) is 2.93. The molecule has 3 rings (SSSR count). The number of carbonyl (C=O) groups is 2. The zero-order chi connectivity index (χ0) is 17.8. The van der Waals surface area contributed by atoms with Crippen molar-refractivity contribution in [2.45, 2.75) is 58.4 Å². The first-order chi connectivity index (χ1) is 12.0. The lowest BCUT2D eigenvalue weighted by atomic mass is 9.96. The minimum absolute atomic E-state index is 0.0351. The minimum Gasteiger partial charge on any atom is -0.339 e. The normalized spacial score (nSPS) is 19.1. The smallest absolute Gasteiger partial charge is 0.317 e. The molecular weight excluding hydrogens is 336 g/mol. The lowest BCUT2D eigenvalue weighted by Gasteiger charge is -2.36. The lowest BCUT2D eigenvalue weighted by Crippen LogP contribution is -2.54. The third-order valence-electron chi connectivity index (χ3n) is 5.16. The van der Waals surface area contributed by atoms with Gasteiger partial charge in [-0.1, -0.05) is 19.3 Å². The number of urea groups is 1. The van der Waals surface area contributed by atoms with Crippen molar-refractivity contribution < 1.29 is 9.59 Å². The molecule has 0 unspecified atom stereocenters. The Balaban J connectivity index is 1.45. The second-order valence-corrected chi connectivity index (χ2v) is 8.36. The summed E-state index contributed by atoms with van der Waals surface area (Å²) in [6, 6.07) is 0.367. The number of piperazine rings is 1. The number of thiazole rings is 1. The third kappa shape index (κ3) is 4.71. The molecular formula is C18H28N4O2S. The summed E-state index contributed by atoms with van der Waals surface area (Å²) in [5.74, 6) is 0.138. The molecule has 1 N–H and O–H groups in total. The molecule has 3 amide bonds. The molecule has 1 aliphatic carbocycles. The maximum Gasteiger partial charge on any atom is 0.317 e. The highest BCUT2D eigenvalue weighted by Crippen LogP contribution is 2.19. The van der Waals surface area contributed by atoms with Crippen LogP contribution in [-0.4, -0.2) is 58.9 Å². The highest BCUT2D eigenvalue weighted by Gasteiger charge is 2.26. The van der Waals surface area contributed by atoms with Crippen molar-refractivity contribution >= 4 is 23.3 Å². The van der Waals surface area contributed by atoms with Crippen molar-refractivity contribution in [1.29, 1.82) is 0 Å². The van der Waals surface area contributed by atoms with Crippen molar-refractivity contribution in [3.63, 3.8) is 0 Å². The second kappa shape index (κ2) is 8.17. The molecule has 0 atom stereocenters. The number of nitrogens with one attached hydrogen (secondary N) is 1. The molecule has 2 fully saturated rings. The number of carbonyl (C=O) groups excluding carboxylic acids is 2. The second-order valence-electron chi connectivity index (χ2n) is 7.07. The number of aromatic nitrogens is 1. The van der Waals surface area contributed by atoms with Crippen LogP contribution in [0.3, 0.4) is 0 Å². The van der Waals surface area contributed by atoms with E-state index in [0.29, 0.717) is 38.6 Å². The Bertz CT molecular complexity index is 617. The van der Waals surface area contributed by atoms with Crippen LogP contribution in [0.15, 0.2) is 0 Å². The van der Waals surface area contributed by atoms with Crippen LogP contribution in [0, 0.1) is 13.8 Å². The van der Waals surface area contributed by atoms with E-state index < -0.39 is 0 Å². The maximum atomic E-state index is 12.5. The molecule has 1 saturated carbocycles. The summed E-state index contributed by atoms with van der Waals surface area (Å²) in [6.07, 6.45) is 6.32. The molecule has 25 heavy (non-hydrogen) atoms. The first-order valence-corrected chi connectivity index (χ1v) is 10.1.